The van der Waals surface area contributed by atoms with Crippen LogP contribution in [0.25, 0.3) is 10.9 Å². The van der Waals surface area contributed by atoms with Gasteiger partial charge >= 0.3 is 0 Å². The average Bonchev–Trinajstić information content (AvgIpc) is 2.85. The maximum atomic E-state index is 4.41. The van der Waals surface area contributed by atoms with Crippen molar-refractivity contribution in [3.63, 3.8) is 0 Å². The molecule has 0 N–H and O–H groups in total. The molecule has 0 spiro atoms. The second-order valence-corrected chi connectivity index (χ2v) is 4.19. The molecular formula is C10H9N3S. The molecule has 0 radical (unpaired) electrons. The summed E-state index contributed by atoms with van der Waals surface area (Å²) in [6, 6.07) is 8.20. The molecule has 0 saturated heterocycles. The lowest BCUT2D eigenvalue weighted by Crippen LogP contribution is -2.06. The highest BCUT2D eigenvalue weighted by Crippen LogP contribution is 2.19. The monoisotopic (exact) mass is 203 g/mol. The maximum absolute atomic E-state index is 4.41. The van der Waals surface area contributed by atoms with Gasteiger partial charge in [0.2, 0.25) is 0 Å². The molecule has 0 atom stereocenters. The van der Waals surface area contributed by atoms with Gasteiger partial charge in [0.1, 0.15) is 0 Å². The second-order valence-electron chi connectivity index (χ2n) is 3.13. The topological polar surface area (TPSA) is 30.2 Å². The number of hydrogen-bond donors (Lipinski definition) is 0. The van der Waals surface area contributed by atoms with Gasteiger partial charge in [-0.15, -0.1) is 0 Å². The van der Waals surface area contributed by atoms with Crippen LogP contribution in [0.5, 0.6) is 0 Å². The van der Waals surface area contributed by atoms with E-state index in [-0.39, 0.29) is 0 Å². The highest BCUT2D eigenvalue weighted by molar-refractivity contribution is 8.14. The largest absolute Gasteiger partial charge is 0.260 e. The average molecular weight is 203 g/mol. The Morgan fingerprint density at radius 1 is 1.29 bits per heavy atom. The third-order valence-electron chi connectivity index (χ3n) is 2.23. The van der Waals surface area contributed by atoms with Crippen LogP contribution in [0, 0.1) is 0 Å². The van der Waals surface area contributed by atoms with Gasteiger partial charge in [0.25, 0.3) is 0 Å². The summed E-state index contributed by atoms with van der Waals surface area (Å²) in [5.41, 5.74) is 1.14. The highest BCUT2D eigenvalue weighted by atomic mass is 32.2. The molecule has 70 valence electrons. The van der Waals surface area contributed by atoms with E-state index in [0.717, 1.165) is 23.0 Å². The smallest absolute Gasteiger partial charge is 0.184 e. The quantitative estimate of drug-likeness (QED) is 0.655. The predicted octanol–water partition coefficient (Wildman–Crippen LogP) is 1.99. The zero-order chi connectivity index (χ0) is 9.38. The van der Waals surface area contributed by atoms with Crippen molar-refractivity contribution in [2.75, 3.05) is 12.3 Å². The van der Waals surface area contributed by atoms with E-state index in [9.17, 15) is 0 Å². The fourth-order valence-electron chi connectivity index (χ4n) is 1.58. The summed E-state index contributed by atoms with van der Waals surface area (Å²) in [7, 11) is 0. The highest BCUT2D eigenvalue weighted by Gasteiger charge is 2.12. The Labute approximate surface area is 85.8 Å². The zero-order valence-corrected chi connectivity index (χ0v) is 8.37. The van der Waals surface area contributed by atoms with E-state index in [4.69, 9.17) is 0 Å². The van der Waals surface area contributed by atoms with Crippen LogP contribution in [0.4, 0.5) is 0 Å². The summed E-state index contributed by atoms with van der Waals surface area (Å²) in [5.74, 6) is 1.07. The van der Waals surface area contributed by atoms with Crippen LogP contribution in [-0.2, 0) is 0 Å². The summed E-state index contributed by atoms with van der Waals surface area (Å²) in [5, 5.41) is 6.53. The molecule has 2 aromatic rings. The van der Waals surface area contributed by atoms with Gasteiger partial charge in [-0.1, -0.05) is 30.0 Å². The van der Waals surface area contributed by atoms with E-state index in [2.05, 4.69) is 22.2 Å². The number of hydrogen-bond acceptors (Lipinski definition) is 3. The summed E-state index contributed by atoms with van der Waals surface area (Å²) in [6.07, 6.45) is 1.89. The lowest BCUT2D eigenvalue weighted by atomic mass is 10.3. The van der Waals surface area contributed by atoms with Crippen molar-refractivity contribution in [2.45, 2.75) is 0 Å². The first-order chi connectivity index (χ1) is 6.95. The van der Waals surface area contributed by atoms with Crippen molar-refractivity contribution in [2.24, 2.45) is 4.99 Å². The van der Waals surface area contributed by atoms with Gasteiger partial charge in [-0.3, -0.25) is 4.99 Å². The third-order valence-corrected chi connectivity index (χ3v) is 3.17. The number of aromatic nitrogens is 2. The Bertz CT molecular complexity index is 501. The molecule has 3 rings (SSSR count). The molecule has 1 aliphatic rings. The van der Waals surface area contributed by atoms with Crippen molar-refractivity contribution in [3.8, 4) is 0 Å². The first-order valence-corrected chi connectivity index (χ1v) is 5.54. The van der Waals surface area contributed by atoms with Crippen molar-refractivity contribution in [3.05, 3.63) is 30.5 Å². The van der Waals surface area contributed by atoms with E-state index in [0.29, 0.717) is 0 Å². The minimum Gasteiger partial charge on any atom is -0.260 e. The SMILES string of the molecule is c1ccc2c(c1)cnn2C1=NCCS1. The van der Waals surface area contributed by atoms with Crippen molar-refractivity contribution < 1.29 is 0 Å². The number of fused-ring (bicyclic) bond motifs is 1. The third kappa shape index (κ3) is 1.14. The van der Waals surface area contributed by atoms with Crippen LogP contribution in [0.2, 0.25) is 0 Å². The molecule has 2 heterocycles. The van der Waals surface area contributed by atoms with Crippen LogP contribution < -0.4 is 0 Å². The lowest BCUT2D eigenvalue weighted by Gasteiger charge is -2.00. The van der Waals surface area contributed by atoms with Crippen molar-refractivity contribution >= 4 is 27.8 Å². The molecule has 3 nitrogen and oxygen atoms in total. The van der Waals surface area contributed by atoms with Crippen LogP contribution in [-0.4, -0.2) is 27.2 Å². The van der Waals surface area contributed by atoms with Crippen LogP contribution >= 0.6 is 11.8 Å². The van der Waals surface area contributed by atoms with Gasteiger partial charge in [0.15, 0.2) is 5.17 Å². The second kappa shape index (κ2) is 3.13. The number of thioether (sulfide) groups is 1. The minimum absolute atomic E-state index is 0.911. The molecule has 1 aromatic heterocycles. The molecule has 4 heteroatoms. The van der Waals surface area contributed by atoms with E-state index < -0.39 is 0 Å². The van der Waals surface area contributed by atoms with Gasteiger partial charge in [0, 0.05) is 11.1 Å². The molecule has 1 aliphatic heterocycles. The molecule has 1 aromatic carbocycles. The Hall–Kier alpha value is -1.29. The number of para-hydroxylation sites is 1. The van der Waals surface area contributed by atoms with Crippen LogP contribution in [0.1, 0.15) is 0 Å². The summed E-state index contributed by atoms with van der Waals surface area (Å²) in [6.45, 7) is 0.911. The Morgan fingerprint density at radius 3 is 3.07 bits per heavy atom. The fraction of sp³-hybridized carbons (Fsp3) is 0.200. The normalized spacial score (nSPS) is 16.1. The van der Waals surface area contributed by atoms with E-state index in [1.54, 1.807) is 11.8 Å². The minimum atomic E-state index is 0.911. The predicted molar refractivity (Wildman–Crippen MR) is 59.9 cm³/mol. The molecular weight excluding hydrogens is 194 g/mol. The lowest BCUT2D eigenvalue weighted by molar-refractivity contribution is 0.972. The summed E-state index contributed by atoms with van der Waals surface area (Å²) < 4.78 is 1.92. The molecule has 0 saturated carbocycles. The van der Waals surface area contributed by atoms with E-state index in [1.807, 2.05) is 23.0 Å². The standard InChI is InChI=1S/C10H9N3S/c1-2-4-9-8(3-1)7-12-13(9)10-11-5-6-14-10/h1-4,7H,5-6H2. The van der Waals surface area contributed by atoms with Gasteiger partial charge in [-0.05, 0) is 6.07 Å². The first-order valence-electron chi connectivity index (χ1n) is 4.55. The zero-order valence-electron chi connectivity index (χ0n) is 7.55. The number of aliphatic imine (C=N–C) groups is 1. The van der Waals surface area contributed by atoms with Crippen molar-refractivity contribution in [1.82, 2.24) is 9.78 Å². The van der Waals surface area contributed by atoms with Crippen molar-refractivity contribution in [1.29, 1.82) is 0 Å². The Kier molecular flexibility index (Phi) is 1.80. The number of benzene rings is 1. The molecule has 14 heavy (non-hydrogen) atoms. The number of nitrogens with zero attached hydrogens (tertiary/aromatic N) is 3. The first kappa shape index (κ1) is 8.05. The molecule has 0 unspecified atom stereocenters. The molecule has 0 amide bonds. The van der Waals surface area contributed by atoms with Crippen LogP contribution in [0.3, 0.4) is 0 Å². The number of rotatable bonds is 0. The van der Waals surface area contributed by atoms with Crippen LogP contribution in [0.15, 0.2) is 35.5 Å². The fourth-order valence-corrected chi connectivity index (χ4v) is 2.39. The maximum Gasteiger partial charge on any atom is 0.184 e. The summed E-state index contributed by atoms with van der Waals surface area (Å²) >= 11 is 1.77. The van der Waals surface area contributed by atoms with E-state index >= 15 is 0 Å². The van der Waals surface area contributed by atoms with Gasteiger partial charge in [0.05, 0.1) is 18.3 Å². The van der Waals surface area contributed by atoms with Gasteiger partial charge in [-0.2, -0.15) is 5.10 Å². The van der Waals surface area contributed by atoms with E-state index in [1.165, 1.54) is 5.39 Å². The Balaban J connectivity index is 2.21. The van der Waals surface area contributed by atoms with Gasteiger partial charge in [-0.25, -0.2) is 4.68 Å². The molecule has 0 aliphatic carbocycles. The molecule has 0 bridgehead atoms. The Morgan fingerprint density at radius 2 is 2.21 bits per heavy atom. The molecule has 0 fully saturated rings. The summed E-state index contributed by atoms with van der Waals surface area (Å²) in [4.78, 5) is 4.41. The van der Waals surface area contributed by atoms with Gasteiger partial charge < -0.3 is 0 Å².